The molecule has 0 bridgehead atoms. The number of aldehydes is 1. The number of aryl methyl sites for hydroxylation is 2. The molecule has 0 fully saturated rings. The van der Waals surface area contributed by atoms with Crippen LogP contribution in [0.25, 0.3) is 6.08 Å². The summed E-state index contributed by atoms with van der Waals surface area (Å²) in [5.41, 5.74) is 2.40. The normalized spacial score (nSPS) is 9.81. The number of pyridine rings is 2. The molecule has 2 aromatic rings. The van der Waals surface area contributed by atoms with Gasteiger partial charge in [0.15, 0.2) is 6.29 Å². The van der Waals surface area contributed by atoms with Gasteiger partial charge in [-0.25, -0.2) is 9.59 Å². The zero-order valence-corrected chi connectivity index (χ0v) is 18.5. The van der Waals surface area contributed by atoms with Gasteiger partial charge in [-0.05, 0) is 38.8 Å². The molecule has 0 amide bonds. The predicted molar refractivity (Wildman–Crippen MR) is 115 cm³/mol. The van der Waals surface area contributed by atoms with Crippen LogP contribution in [-0.2, 0) is 22.3 Å². The van der Waals surface area contributed by atoms with Crippen molar-refractivity contribution in [3.63, 3.8) is 0 Å². The van der Waals surface area contributed by atoms with Crippen LogP contribution in [0.4, 0.5) is 8.78 Å². The summed E-state index contributed by atoms with van der Waals surface area (Å²) in [5.74, 6) is -1.01. The van der Waals surface area contributed by atoms with Gasteiger partial charge in [0.1, 0.15) is 0 Å². The largest absolute Gasteiger partial charge is 0.462 e. The Hall–Kier alpha value is -3.49. The molecule has 2 heterocycles. The van der Waals surface area contributed by atoms with Gasteiger partial charge in [0.05, 0.1) is 30.0 Å². The second-order valence-corrected chi connectivity index (χ2v) is 6.22. The van der Waals surface area contributed by atoms with Gasteiger partial charge < -0.3 is 9.47 Å². The van der Waals surface area contributed by atoms with Crippen LogP contribution in [0.3, 0.4) is 0 Å². The summed E-state index contributed by atoms with van der Waals surface area (Å²) in [6.45, 7) is 7.65. The zero-order valence-electron chi connectivity index (χ0n) is 18.5. The van der Waals surface area contributed by atoms with Crippen molar-refractivity contribution < 1.29 is 32.6 Å². The van der Waals surface area contributed by atoms with Crippen LogP contribution >= 0.6 is 0 Å². The van der Waals surface area contributed by atoms with E-state index in [1.807, 2.05) is 6.92 Å². The zero-order chi connectivity index (χ0) is 24.1. The lowest BCUT2D eigenvalue weighted by atomic mass is 10.1. The van der Waals surface area contributed by atoms with Gasteiger partial charge in [0.25, 0.3) is 6.08 Å². The Labute approximate surface area is 185 Å². The molecule has 9 heteroatoms. The number of halogens is 2. The number of aromatic nitrogens is 2. The first-order valence-corrected chi connectivity index (χ1v) is 10.1. The molecule has 2 aromatic heterocycles. The standard InChI is InChI=1S/C12H13F2NO2.C11H13NO3/c1-3-10-8(6-11(13)14)5-9(7-15-10)12(16)17-4-2;1-3-10-9(7-13)5-8(6-12-10)11(14)15-4-2/h5-7H,3-4H2,1-2H3;5-7H,3-4H2,1-2H3. The van der Waals surface area contributed by atoms with Crippen LogP contribution < -0.4 is 0 Å². The molecule has 172 valence electrons. The number of carbonyl (C=O) groups excluding carboxylic acids is 3. The molecule has 0 N–H and O–H groups in total. The van der Waals surface area contributed by atoms with E-state index in [-0.39, 0.29) is 17.7 Å². The molecule has 0 saturated carbocycles. The van der Waals surface area contributed by atoms with Crippen LogP contribution in [0.1, 0.15) is 75.7 Å². The third kappa shape index (κ3) is 7.98. The fourth-order valence-corrected chi connectivity index (χ4v) is 2.61. The van der Waals surface area contributed by atoms with Gasteiger partial charge in [0.2, 0.25) is 0 Å². The molecule has 0 atom stereocenters. The molecule has 0 aliphatic rings. The van der Waals surface area contributed by atoms with E-state index in [0.717, 1.165) is 0 Å². The Morgan fingerprint density at radius 1 is 0.844 bits per heavy atom. The van der Waals surface area contributed by atoms with Crippen molar-refractivity contribution in [2.24, 2.45) is 0 Å². The highest BCUT2D eigenvalue weighted by atomic mass is 19.3. The summed E-state index contributed by atoms with van der Waals surface area (Å²) in [6.07, 6.45) is 3.54. The summed E-state index contributed by atoms with van der Waals surface area (Å²) >= 11 is 0. The molecular weight excluding hydrogens is 422 g/mol. The number of ether oxygens (including phenoxy) is 2. The van der Waals surface area contributed by atoms with Gasteiger partial charge in [-0.2, -0.15) is 8.78 Å². The number of carbonyl (C=O) groups is 3. The van der Waals surface area contributed by atoms with Crippen LogP contribution in [0.5, 0.6) is 0 Å². The first-order valence-electron chi connectivity index (χ1n) is 10.1. The first-order chi connectivity index (χ1) is 15.3. The minimum atomic E-state index is -1.82. The van der Waals surface area contributed by atoms with E-state index in [9.17, 15) is 23.2 Å². The lowest BCUT2D eigenvalue weighted by Crippen LogP contribution is -2.07. The number of rotatable bonds is 8. The van der Waals surface area contributed by atoms with Crippen molar-refractivity contribution in [1.82, 2.24) is 9.97 Å². The Morgan fingerprint density at radius 2 is 1.28 bits per heavy atom. The number of hydrogen-bond donors (Lipinski definition) is 0. The van der Waals surface area contributed by atoms with Crippen molar-refractivity contribution in [3.05, 3.63) is 64.2 Å². The topological polar surface area (TPSA) is 95.5 Å². The predicted octanol–water partition coefficient (Wildman–Crippen LogP) is 4.69. The molecule has 0 radical (unpaired) electrons. The summed E-state index contributed by atoms with van der Waals surface area (Å²) < 4.78 is 34.1. The Balaban J connectivity index is 0.000000323. The SMILES string of the molecule is CCOC(=O)c1cnc(CC)c(C=C(F)F)c1.CCOC(=O)c1cnc(CC)c(C=O)c1. The second-order valence-electron chi connectivity index (χ2n) is 6.22. The number of hydrogen-bond acceptors (Lipinski definition) is 7. The van der Waals surface area contributed by atoms with E-state index in [4.69, 9.17) is 9.47 Å². The Bertz CT molecular complexity index is 973. The van der Waals surface area contributed by atoms with Crippen molar-refractivity contribution in [1.29, 1.82) is 0 Å². The first kappa shape index (κ1) is 26.5. The van der Waals surface area contributed by atoms with Crippen molar-refractivity contribution in [2.75, 3.05) is 13.2 Å². The fourth-order valence-electron chi connectivity index (χ4n) is 2.61. The highest BCUT2D eigenvalue weighted by Gasteiger charge is 2.11. The van der Waals surface area contributed by atoms with Crippen LogP contribution in [0.2, 0.25) is 0 Å². The molecule has 0 saturated heterocycles. The molecule has 0 aliphatic heterocycles. The smallest absolute Gasteiger partial charge is 0.339 e. The van der Waals surface area contributed by atoms with E-state index in [2.05, 4.69) is 9.97 Å². The van der Waals surface area contributed by atoms with Crippen LogP contribution in [0, 0.1) is 0 Å². The van der Waals surface area contributed by atoms with Gasteiger partial charge >= 0.3 is 11.9 Å². The maximum Gasteiger partial charge on any atom is 0.339 e. The monoisotopic (exact) mass is 448 g/mol. The lowest BCUT2D eigenvalue weighted by Gasteiger charge is -2.05. The average Bonchev–Trinajstić information content (AvgIpc) is 2.78. The molecule has 7 nitrogen and oxygen atoms in total. The van der Waals surface area contributed by atoms with Gasteiger partial charge in [-0.15, -0.1) is 0 Å². The fraction of sp³-hybridized carbons (Fsp3) is 0.348. The maximum absolute atomic E-state index is 12.2. The van der Waals surface area contributed by atoms with E-state index in [1.165, 1.54) is 24.5 Å². The third-order valence-electron chi connectivity index (χ3n) is 4.09. The molecule has 0 spiro atoms. The van der Waals surface area contributed by atoms with E-state index < -0.39 is 18.0 Å². The summed E-state index contributed by atoms with van der Waals surface area (Å²) in [5, 5.41) is 0. The van der Waals surface area contributed by atoms with Crippen LogP contribution in [-0.4, -0.2) is 41.4 Å². The van der Waals surface area contributed by atoms with Crippen molar-refractivity contribution in [3.8, 4) is 0 Å². The third-order valence-corrected chi connectivity index (χ3v) is 4.09. The summed E-state index contributed by atoms with van der Waals surface area (Å²) in [4.78, 5) is 41.5. The minimum Gasteiger partial charge on any atom is -0.462 e. The van der Waals surface area contributed by atoms with E-state index in [0.29, 0.717) is 54.3 Å². The molecule has 2 rings (SSSR count). The van der Waals surface area contributed by atoms with E-state index >= 15 is 0 Å². The Morgan fingerprint density at radius 3 is 1.66 bits per heavy atom. The Kier molecular flexibility index (Phi) is 11.4. The highest BCUT2D eigenvalue weighted by molar-refractivity contribution is 5.91. The number of esters is 2. The summed E-state index contributed by atoms with van der Waals surface area (Å²) in [7, 11) is 0. The maximum atomic E-state index is 12.2. The van der Waals surface area contributed by atoms with E-state index in [1.54, 1.807) is 20.8 Å². The highest BCUT2D eigenvalue weighted by Crippen LogP contribution is 2.16. The molecular formula is C23H26F2N2O5. The summed E-state index contributed by atoms with van der Waals surface area (Å²) in [6, 6.07) is 2.87. The van der Waals surface area contributed by atoms with Gasteiger partial charge in [-0.3, -0.25) is 14.8 Å². The van der Waals surface area contributed by atoms with Gasteiger partial charge in [0, 0.05) is 35.3 Å². The molecule has 0 aliphatic carbocycles. The molecule has 0 unspecified atom stereocenters. The lowest BCUT2D eigenvalue weighted by molar-refractivity contribution is 0.0516. The van der Waals surface area contributed by atoms with Crippen LogP contribution in [0.15, 0.2) is 30.6 Å². The van der Waals surface area contributed by atoms with Crippen molar-refractivity contribution in [2.45, 2.75) is 40.5 Å². The minimum absolute atomic E-state index is 0.177. The quantitative estimate of drug-likeness (QED) is 0.427. The molecule has 0 aromatic carbocycles. The molecule has 32 heavy (non-hydrogen) atoms. The van der Waals surface area contributed by atoms with Crippen molar-refractivity contribution >= 4 is 24.3 Å². The number of nitrogens with zero attached hydrogens (tertiary/aromatic N) is 2. The van der Waals surface area contributed by atoms with Gasteiger partial charge in [-0.1, -0.05) is 13.8 Å². The second kappa shape index (κ2) is 13.7. The average molecular weight is 448 g/mol.